The van der Waals surface area contributed by atoms with Crippen molar-refractivity contribution in [1.82, 2.24) is 0 Å². The van der Waals surface area contributed by atoms with Crippen molar-refractivity contribution in [3.63, 3.8) is 0 Å². The summed E-state index contributed by atoms with van der Waals surface area (Å²) in [6.45, 7) is 4.02. The minimum atomic E-state index is -0.793. The summed E-state index contributed by atoms with van der Waals surface area (Å²) in [7, 11) is 0. The Labute approximate surface area is 95.6 Å². The van der Waals surface area contributed by atoms with Crippen molar-refractivity contribution in [1.29, 1.82) is 0 Å². The zero-order valence-corrected chi connectivity index (χ0v) is 9.77. The molecule has 0 unspecified atom stereocenters. The van der Waals surface area contributed by atoms with E-state index in [4.69, 9.17) is 9.47 Å². The SMILES string of the molecule is CCOC(=O)C(C(=O)OCC)[C@H]1C=CCC1. The van der Waals surface area contributed by atoms with Gasteiger partial charge in [0.15, 0.2) is 5.92 Å². The monoisotopic (exact) mass is 226 g/mol. The normalized spacial score (nSPS) is 18.8. The van der Waals surface area contributed by atoms with Crippen LogP contribution in [-0.2, 0) is 19.1 Å². The van der Waals surface area contributed by atoms with E-state index >= 15 is 0 Å². The first kappa shape index (κ1) is 12.7. The van der Waals surface area contributed by atoms with Crippen LogP contribution in [0, 0.1) is 11.8 Å². The summed E-state index contributed by atoms with van der Waals surface area (Å²) >= 11 is 0. The Morgan fingerprint density at radius 3 is 2.19 bits per heavy atom. The Kier molecular flexibility index (Phi) is 5.02. The number of allylic oxidation sites excluding steroid dienone is 2. The molecule has 0 aliphatic heterocycles. The summed E-state index contributed by atoms with van der Waals surface area (Å²) in [5.74, 6) is -1.81. The Bertz CT molecular complexity index is 265. The molecule has 0 bridgehead atoms. The van der Waals surface area contributed by atoms with Gasteiger partial charge in [0, 0.05) is 5.92 Å². The molecule has 0 saturated heterocycles. The van der Waals surface area contributed by atoms with Crippen molar-refractivity contribution in [2.24, 2.45) is 11.8 Å². The van der Waals surface area contributed by atoms with Gasteiger partial charge in [0.25, 0.3) is 0 Å². The molecular formula is C12H18O4. The van der Waals surface area contributed by atoms with E-state index in [1.54, 1.807) is 13.8 Å². The fraction of sp³-hybridized carbons (Fsp3) is 0.667. The molecule has 1 aliphatic rings. The number of ether oxygens (including phenoxy) is 2. The van der Waals surface area contributed by atoms with Crippen LogP contribution in [0.25, 0.3) is 0 Å². The summed E-state index contributed by atoms with van der Waals surface area (Å²) in [6, 6.07) is 0. The molecule has 0 aromatic carbocycles. The molecule has 4 heteroatoms. The Morgan fingerprint density at radius 1 is 1.25 bits per heavy atom. The van der Waals surface area contributed by atoms with Gasteiger partial charge in [-0.1, -0.05) is 12.2 Å². The van der Waals surface area contributed by atoms with E-state index in [0.29, 0.717) is 0 Å². The van der Waals surface area contributed by atoms with Crippen molar-refractivity contribution in [2.75, 3.05) is 13.2 Å². The molecule has 0 radical (unpaired) electrons. The quantitative estimate of drug-likeness (QED) is 0.406. The maximum Gasteiger partial charge on any atom is 0.320 e. The van der Waals surface area contributed by atoms with Crippen molar-refractivity contribution in [3.8, 4) is 0 Å². The molecule has 16 heavy (non-hydrogen) atoms. The van der Waals surface area contributed by atoms with Crippen LogP contribution in [0.1, 0.15) is 26.7 Å². The van der Waals surface area contributed by atoms with Crippen LogP contribution in [0.4, 0.5) is 0 Å². The third-order valence-electron chi connectivity index (χ3n) is 2.56. The lowest BCUT2D eigenvalue weighted by Gasteiger charge is -2.18. The fourth-order valence-electron chi connectivity index (χ4n) is 1.84. The highest BCUT2D eigenvalue weighted by molar-refractivity contribution is 5.95. The number of hydrogen-bond donors (Lipinski definition) is 0. The van der Waals surface area contributed by atoms with Crippen LogP contribution in [0.2, 0.25) is 0 Å². The molecule has 0 saturated carbocycles. The summed E-state index contributed by atoms with van der Waals surface area (Å²) in [5.41, 5.74) is 0. The third-order valence-corrected chi connectivity index (χ3v) is 2.56. The van der Waals surface area contributed by atoms with Crippen LogP contribution in [0.5, 0.6) is 0 Å². The van der Waals surface area contributed by atoms with Crippen LogP contribution < -0.4 is 0 Å². The van der Waals surface area contributed by atoms with Crippen molar-refractivity contribution >= 4 is 11.9 Å². The molecule has 0 aromatic heterocycles. The van der Waals surface area contributed by atoms with Crippen LogP contribution in [0.15, 0.2) is 12.2 Å². The summed E-state index contributed by atoms with van der Waals surface area (Å²) in [4.78, 5) is 23.4. The molecule has 0 heterocycles. The van der Waals surface area contributed by atoms with Crippen molar-refractivity contribution in [3.05, 3.63) is 12.2 Å². The van der Waals surface area contributed by atoms with Gasteiger partial charge in [0.1, 0.15) is 0 Å². The van der Waals surface area contributed by atoms with E-state index in [1.807, 2.05) is 12.2 Å². The van der Waals surface area contributed by atoms with E-state index < -0.39 is 17.9 Å². The van der Waals surface area contributed by atoms with Crippen LogP contribution in [-0.4, -0.2) is 25.2 Å². The second-order valence-corrected chi connectivity index (χ2v) is 3.65. The van der Waals surface area contributed by atoms with E-state index in [2.05, 4.69) is 0 Å². The minimum Gasteiger partial charge on any atom is -0.465 e. The molecule has 1 atom stereocenters. The molecule has 0 aromatic rings. The van der Waals surface area contributed by atoms with Crippen molar-refractivity contribution < 1.29 is 19.1 Å². The average molecular weight is 226 g/mol. The van der Waals surface area contributed by atoms with Crippen LogP contribution >= 0.6 is 0 Å². The predicted molar refractivity (Wildman–Crippen MR) is 58.6 cm³/mol. The molecule has 1 aliphatic carbocycles. The first-order valence-electron chi connectivity index (χ1n) is 5.70. The van der Waals surface area contributed by atoms with Gasteiger partial charge in [0.2, 0.25) is 0 Å². The van der Waals surface area contributed by atoms with Crippen molar-refractivity contribution in [2.45, 2.75) is 26.7 Å². The zero-order valence-electron chi connectivity index (χ0n) is 9.77. The molecule has 0 spiro atoms. The summed E-state index contributed by atoms with van der Waals surface area (Å²) in [5, 5.41) is 0. The number of carbonyl (C=O) groups is 2. The van der Waals surface area contributed by atoms with E-state index in [0.717, 1.165) is 12.8 Å². The zero-order chi connectivity index (χ0) is 12.0. The van der Waals surface area contributed by atoms with Gasteiger partial charge in [-0.2, -0.15) is 0 Å². The minimum absolute atomic E-state index is 0.0712. The summed E-state index contributed by atoms with van der Waals surface area (Å²) in [6.07, 6.45) is 5.59. The van der Waals surface area contributed by atoms with Gasteiger partial charge in [0.05, 0.1) is 13.2 Å². The third kappa shape index (κ3) is 3.08. The molecule has 0 fully saturated rings. The first-order valence-corrected chi connectivity index (χ1v) is 5.70. The average Bonchev–Trinajstić information content (AvgIpc) is 2.72. The van der Waals surface area contributed by atoms with Gasteiger partial charge in [-0.3, -0.25) is 9.59 Å². The first-order chi connectivity index (χ1) is 7.70. The molecule has 0 N–H and O–H groups in total. The lowest BCUT2D eigenvalue weighted by Crippen LogP contribution is -2.33. The number of rotatable bonds is 5. The highest BCUT2D eigenvalue weighted by Crippen LogP contribution is 2.27. The van der Waals surface area contributed by atoms with E-state index in [1.165, 1.54) is 0 Å². The Morgan fingerprint density at radius 2 is 1.81 bits per heavy atom. The Balaban J connectivity index is 2.71. The van der Waals surface area contributed by atoms with Gasteiger partial charge in [-0.05, 0) is 26.7 Å². The second-order valence-electron chi connectivity index (χ2n) is 3.65. The lowest BCUT2D eigenvalue weighted by molar-refractivity contribution is -0.163. The predicted octanol–water partition coefficient (Wildman–Crippen LogP) is 1.70. The topological polar surface area (TPSA) is 52.6 Å². The largest absolute Gasteiger partial charge is 0.465 e. The molecule has 0 amide bonds. The van der Waals surface area contributed by atoms with E-state index in [9.17, 15) is 9.59 Å². The standard InChI is InChI=1S/C12H18O4/c1-3-15-11(13)10(12(14)16-4-2)9-7-5-6-8-9/h5,7,9-10H,3-4,6,8H2,1-2H3/t9-/m0/s1. The molecular weight excluding hydrogens is 208 g/mol. The number of hydrogen-bond acceptors (Lipinski definition) is 4. The Hall–Kier alpha value is -1.32. The van der Waals surface area contributed by atoms with Gasteiger partial charge in [-0.15, -0.1) is 0 Å². The highest BCUT2D eigenvalue weighted by Gasteiger charge is 2.36. The number of carbonyl (C=O) groups excluding carboxylic acids is 2. The molecule has 4 nitrogen and oxygen atoms in total. The maximum atomic E-state index is 11.7. The lowest BCUT2D eigenvalue weighted by atomic mass is 9.92. The van der Waals surface area contributed by atoms with E-state index in [-0.39, 0.29) is 19.1 Å². The van der Waals surface area contributed by atoms with Crippen LogP contribution in [0.3, 0.4) is 0 Å². The maximum absolute atomic E-state index is 11.7. The molecule has 90 valence electrons. The smallest absolute Gasteiger partial charge is 0.320 e. The fourth-order valence-corrected chi connectivity index (χ4v) is 1.84. The second kappa shape index (κ2) is 6.30. The molecule has 1 rings (SSSR count). The summed E-state index contributed by atoms with van der Waals surface area (Å²) < 4.78 is 9.82. The van der Waals surface area contributed by atoms with Gasteiger partial charge < -0.3 is 9.47 Å². The highest BCUT2D eigenvalue weighted by atomic mass is 16.6. The van der Waals surface area contributed by atoms with Gasteiger partial charge in [-0.25, -0.2) is 0 Å². The number of esters is 2. The van der Waals surface area contributed by atoms with Gasteiger partial charge >= 0.3 is 11.9 Å².